The fraction of sp³-hybridized carbons (Fsp3) is 1.00. The standard InChI is InChI=1S/C15H25F2N/c16-15(17,11-5-3-1-2-4-6-11)12-9-13-7-8-14(10-12)18-13/h11-14,18H,1-10H2. The van der Waals surface area contributed by atoms with Crippen molar-refractivity contribution in [2.75, 3.05) is 0 Å². The van der Waals surface area contributed by atoms with Gasteiger partial charge in [-0.05, 0) is 38.5 Å². The number of halogens is 2. The van der Waals surface area contributed by atoms with E-state index in [4.69, 9.17) is 0 Å². The Morgan fingerprint density at radius 1 is 0.722 bits per heavy atom. The maximum Gasteiger partial charge on any atom is 0.253 e. The van der Waals surface area contributed by atoms with Crippen LogP contribution in [0, 0.1) is 11.8 Å². The number of hydrogen-bond donors (Lipinski definition) is 1. The highest BCUT2D eigenvalue weighted by Gasteiger charge is 2.50. The molecule has 3 heteroatoms. The molecule has 2 unspecified atom stereocenters. The van der Waals surface area contributed by atoms with Crippen LogP contribution in [0.4, 0.5) is 8.78 Å². The van der Waals surface area contributed by atoms with Gasteiger partial charge in [0.1, 0.15) is 0 Å². The molecule has 0 aromatic rings. The van der Waals surface area contributed by atoms with Crippen molar-refractivity contribution in [3.05, 3.63) is 0 Å². The lowest BCUT2D eigenvalue weighted by Crippen LogP contribution is -2.47. The van der Waals surface area contributed by atoms with Crippen LogP contribution in [0.2, 0.25) is 0 Å². The Labute approximate surface area is 109 Å². The molecular weight excluding hydrogens is 232 g/mol. The molecule has 0 amide bonds. The van der Waals surface area contributed by atoms with E-state index in [0.29, 0.717) is 24.9 Å². The molecule has 2 aliphatic heterocycles. The van der Waals surface area contributed by atoms with Crippen LogP contribution in [0.25, 0.3) is 0 Å². The molecule has 3 fully saturated rings. The van der Waals surface area contributed by atoms with E-state index in [1.54, 1.807) is 0 Å². The topological polar surface area (TPSA) is 12.0 Å². The molecule has 1 aliphatic carbocycles. The number of fused-ring (bicyclic) bond motifs is 2. The van der Waals surface area contributed by atoms with Crippen molar-refractivity contribution in [1.82, 2.24) is 5.32 Å². The number of piperidine rings is 1. The Hall–Kier alpha value is -0.180. The van der Waals surface area contributed by atoms with Gasteiger partial charge in [0.2, 0.25) is 0 Å². The maximum absolute atomic E-state index is 14.7. The first-order valence-corrected chi connectivity index (χ1v) is 7.80. The van der Waals surface area contributed by atoms with Gasteiger partial charge >= 0.3 is 0 Å². The van der Waals surface area contributed by atoms with Crippen molar-refractivity contribution >= 4 is 0 Å². The molecule has 3 aliphatic rings. The lowest BCUT2D eigenvalue weighted by molar-refractivity contribution is -0.125. The van der Waals surface area contributed by atoms with Crippen molar-refractivity contribution in [3.8, 4) is 0 Å². The molecule has 1 N–H and O–H groups in total. The lowest BCUT2D eigenvalue weighted by atomic mass is 9.78. The van der Waals surface area contributed by atoms with Gasteiger partial charge in [-0.1, -0.05) is 25.7 Å². The highest BCUT2D eigenvalue weighted by atomic mass is 19.3. The largest absolute Gasteiger partial charge is 0.311 e. The van der Waals surface area contributed by atoms with Gasteiger partial charge in [-0.15, -0.1) is 0 Å². The van der Waals surface area contributed by atoms with E-state index in [-0.39, 0.29) is 11.8 Å². The van der Waals surface area contributed by atoms with Crippen LogP contribution in [-0.4, -0.2) is 18.0 Å². The zero-order valence-corrected chi connectivity index (χ0v) is 11.1. The predicted octanol–water partition coefficient (Wildman–Crippen LogP) is 4.12. The Bertz CT molecular complexity index is 272. The second-order valence-electron chi connectivity index (χ2n) is 6.67. The predicted molar refractivity (Wildman–Crippen MR) is 68.8 cm³/mol. The van der Waals surface area contributed by atoms with Crippen LogP contribution in [0.1, 0.15) is 64.2 Å². The summed E-state index contributed by atoms with van der Waals surface area (Å²) in [6, 6.07) is 0.760. The van der Waals surface area contributed by atoms with E-state index in [2.05, 4.69) is 5.32 Å². The minimum absolute atomic E-state index is 0.331. The van der Waals surface area contributed by atoms with Gasteiger partial charge in [0.25, 0.3) is 5.92 Å². The van der Waals surface area contributed by atoms with Gasteiger partial charge in [-0.3, -0.25) is 0 Å². The second kappa shape index (κ2) is 5.07. The number of rotatable bonds is 2. The summed E-state index contributed by atoms with van der Waals surface area (Å²) in [5.41, 5.74) is 0. The summed E-state index contributed by atoms with van der Waals surface area (Å²) in [6.45, 7) is 0. The molecule has 2 heterocycles. The van der Waals surface area contributed by atoms with E-state index in [0.717, 1.165) is 51.4 Å². The van der Waals surface area contributed by atoms with Crippen LogP contribution in [0.3, 0.4) is 0 Å². The fourth-order valence-electron chi connectivity index (χ4n) is 4.37. The molecule has 3 rings (SSSR count). The number of nitrogens with one attached hydrogen (secondary N) is 1. The van der Waals surface area contributed by atoms with Crippen LogP contribution in [0.15, 0.2) is 0 Å². The van der Waals surface area contributed by atoms with Crippen LogP contribution >= 0.6 is 0 Å². The molecule has 1 saturated carbocycles. The Balaban J connectivity index is 1.68. The first-order chi connectivity index (χ1) is 8.66. The summed E-state index contributed by atoms with van der Waals surface area (Å²) in [7, 11) is 0. The van der Waals surface area contributed by atoms with Crippen molar-refractivity contribution in [1.29, 1.82) is 0 Å². The SMILES string of the molecule is FC(F)(C1CCCCCC1)C1CC2CCC(C1)N2. The third kappa shape index (κ3) is 2.43. The van der Waals surface area contributed by atoms with Crippen molar-refractivity contribution in [2.24, 2.45) is 11.8 Å². The summed E-state index contributed by atoms with van der Waals surface area (Å²) in [5, 5.41) is 3.47. The van der Waals surface area contributed by atoms with Crippen molar-refractivity contribution < 1.29 is 8.78 Å². The Kier molecular flexibility index (Phi) is 3.61. The molecular formula is C15H25F2N. The molecule has 1 nitrogen and oxygen atoms in total. The van der Waals surface area contributed by atoms with Crippen molar-refractivity contribution in [2.45, 2.75) is 82.2 Å². The van der Waals surface area contributed by atoms with Gasteiger partial charge in [0.05, 0.1) is 0 Å². The van der Waals surface area contributed by atoms with Gasteiger partial charge in [-0.25, -0.2) is 8.78 Å². The first-order valence-electron chi connectivity index (χ1n) is 7.80. The van der Waals surface area contributed by atoms with E-state index >= 15 is 0 Å². The minimum atomic E-state index is -2.41. The van der Waals surface area contributed by atoms with Crippen molar-refractivity contribution in [3.63, 3.8) is 0 Å². The van der Waals surface area contributed by atoms with E-state index in [9.17, 15) is 8.78 Å². The average Bonchev–Trinajstić information content (AvgIpc) is 2.61. The van der Waals surface area contributed by atoms with E-state index in [1.165, 1.54) is 0 Å². The van der Waals surface area contributed by atoms with E-state index in [1.807, 2.05) is 0 Å². The smallest absolute Gasteiger partial charge is 0.253 e. The zero-order chi connectivity index (χ0) is 12.6. The second-order valence-corrected chi connectivity index (χ2v) is 6.67. The molecule has 0 radical (unpaired) electrons. The first kappa shape index (κ1) is 12.8. The Morgan fingerprint density at radius 3 is 1.83 bits per heavy atom. The third-order valence-corrected chi connectivity index (χ3v) is 5.42. The summed E-state index contributed by atoms with van der Waals surface area (Å²) in [4.78, 5) is 0. The quantitative estimate of drug-likeness (QED) is 0.734. The van der Waals surface area contributed by atoms with Gasteiger partial charge in [0.15, 0.2) is 0 Å². The molecule has 18 heavy (non-hydrogen) atoms. The highest BCUT2D eigenvalue weighted by Crippen LogP contribution is 2.47. The summed E-state index contributed by atoms with van der Waals surface area (Å²) >= 11 is 0. The zero-order valence-electron chi connectivity index (χ0n) is 11.1. The Morgan fingerprint density at radius 2 is 1.28 bits per heavy atom. The minimum Gasteiger partial charge on any atom is -0.311 e. The molecule has 0 aromatic carbocycles. The summed E-state index contributed by atoms with van der Waals surface area (Å²) < 4.78 is 29.4. The molecule has 2 saturated heterocycles. The molecule has 2 atom stereocenters. The van der Waals surface area contributed by atoms with Crippen LogP contribution in [-0.2, 0) is 0 Å². The molecule has 104 valence electrons. The van der Waals surface area contributed by atoms with Crippen LogP contribution in [0.5, 0.6) is 0 Å². The fourth-order valence-corrected chi connectivity index (χ4v) is 4.37. The molecule has 0 spiro atoms. The number of alkyl halides is 2. The maximum atomic E-state index is 14.7. The average molecular weight is 257 g/mol. The van der Waals surface area contributed by atoms with E-state index < -0.39 is 5.92 Å². The highest BCUT2D eigenvalue weighted by molar-refractivity contribution is 4.98. The van der Waals surface area contributed by atoms with Gasteiger partial charge in [0, 0.05) is 23.9 Å². The molecule has 0 aromatic heterocycles. The van der Waals surface area contributed by atoms with Crippen LogP contribution < -0.4 is 5.32 Å². The monoisotopic (exact) mass is 257 g/mol. The summed E-state index contributed by atoms with van der Waals surface area (Å²) in [6.07, 6.45) is 9.49. The van der Waals surface area contributed by atoms with Gasteiger partial charge in [-0.2, -0.15) is 0 Å². The molecule has 2 bridgehead atoms. The normalized spacial score (nSPS) is 38.7. The third-order valence-electron chi connectivity index (χ3n) is 5.42. The number of hydrogen-bond acceptors (Lipinski definition) is 1. The summed E-state index contributed by atoms with van der Waals surface area (Å²) in [5.74, 6) is -3.09. The van der Waals surface area contributed by atoms with Gasteiger partial charge < -0.3 is 5.32 Å². The lowest BCUT2D eigenvalue weighted by Gasteiger charge is -2.38.